The Hall–Kier alpha value is -1.96. The van der Waals surface area contributed by atoms with Gasteiger partial charge in [0.2, 0.25) is 0 Å². The highest BCUT2D eigenvalue weighted by atomic mass is 16.1. The molecular formula is C10H12N4O. The van der Waals surface area contributed by atoms with E-state index in [2.05, 4.69) is 16.0 Å². The lowest BCUT2D eigenvalue weighted by atomic mass is 9.97. The Kier molecular flexibility index (Phi) is 3.75. The van der Waals surface area contributed by atoms with Gasteiger partial charge in [-0.3, -0.25) is 9.78 Å². The van der Waals surface area contributed by atoms with Crippen molar-refractivity contribution < 1.29 is 4.79 Å². The summed E-state index contributed by atoms with van der Waals surface area (Å²) in [5.74, 6) is -0.680. The fourth-order valence-electron chi connectivity index (χ4n) is 1.38. The highest BCUT2D eigenvalue weighted by molar-refractivity contribution is 5.91. The number of hydrogen-bond donors (Lipinski definition) is 1. The van der Waals surface area contributed by atoms with Crippen molar-refractivity contribution in [3.8, 4) is 6.07 Å². The van der Waals surface area contributed by atoms with Gasteiger partial charge in [-0.25, -0.2) is 4.98 Å². The molecule has 1 amide bonds. The van der Waals surface area contributed by atoms with Gasteiger partial charge in [0.15, 0.2) is 0 Å². The number of carbonyl (C=O) groups excluding carboxylic acids is 1. The normalized spacial score (nSPS) is 11.7. The topological polar surface area (TPSA) is 92.7 Å². The lowest BCUT2D eigenvalue weighted by Gasteiger charge is -2.11. The quantitative estimate of drug-likeness (QED) is 0.791. The van der Waals surface area contributed by atoms with Crippen LogP contribution in [0.4, 0.5) is 0 Å². The Morgan fingerprint density at radius 1 is 1.60 bits per heavy atom. The predicted octanol–water partition coefficient (Wildman–Crippen LogP) is 0.983. The minimum absolute atomic E-state index is 0.0776. The van der Waals surface area contributed by atoms with E-state index in [0.717, 1.165) is 6.42 Å². The second kappa shape index (κ2) is 5.05. The maximum atomic E-state index is 11.1. The van der Waals surface area contributed by atoms with E-state index < -0.39 is 5.91 Å². The molecule has 1 aromatic heterocycles. The van der Waals surface area contributed by atoms with Crippen molar-refractivity contribution >= 4 is 5.91 Å². The van der Waals surface area contributed by atoms with Crippen LogP contribution in [0.3, 0.4) is 0 Å². The molecular weight excluding hydrogens is 192 g/mol. The van der Waals surface area contributed by atoms with E-state index in [9.17, 15) is 4.79 Å². The van der Waals surface area contributed by atoms with E-state index in [1.54, 1.807) is 0 Å². The van der Waals surface area contributed by atoms with E-state index in [1.807, 2.05) is 6.92 Å². The summed E-state index contributed by atoms with van der Waals surface area (Å²) in [7, 11) is 0. The van der Waals surface area contributed by atoms with Gasteiger partial charge >= 0.3 is 0 Å². The molecule has 1 atom stereocenters. The first-order valence-corrected chi connectivity index (χ1v) is 4.68. The highest BCUT2D eigenvalue weighted by Gasteiger charge is 2.18. The monoisotopic (exact) mass is 204 g/mol. The SMILES string of the molecule is CC[C@@H](CC#N)c1nccnc1C(N)=O. The van der Waals surface area contributed by atoms with E-state index in [0.29, 0.717) is 12.1 Å². The summed E-state index contributed by atoms with van der Waals surface area (Å²) >= 11 is 0. The molecule has 0 unspecified atom stereocenters. The lowest BCUT2D eigenvalue weighted by molar-refractivity contribution is 0.0993. The molecule has 1 rings (SSSR count). The maximum absolute atomic E-state index is 11.1. The maximum Gasteiger partial charge on any atom is 0.269 e. The molecule has 78 valence electrons. The van der Waals surface area contributed by atoms with E-state index >= 15 is 0 Å². The second-order valence-electron chi connectivity index (χ2n) is 3.12. The van der Waals surface area contributed by atoms with Crippen molar-refractivity contribution in [1.29, 1.82) is 5.26 Å². The van der Waals surface area contributed by atoms with Gasteiger partial charge in [-0.1, -0.05) is 6.92 Å². The van der Waals surface area contributed by atoms with E-state index in [1.165, 1.54) is 12.4 Å². The Morgan fingerprint density at radius 3 is 2.80 bits per heavy atom. The lowest BCUT2D eigenvalue weighted by Crippen LogP contribution is -2.18. The molecule has 15 heavy (non-hydrogen) atoms. The Bertz CT molecular complexity index is 397. The Balaban J connectivity index is 3.11. The number of aromatic nitrogens is 2. The first-order valence-electron chi connectivity index (χ1n) is 4.68. The highest BCUT2D eigenvalue weighted by Crippen LogP contribution is 2.22. The smallest absolute Gasteiger partial charge is 0.269 e. The summed E-state index contributed by atoms with van der Waals surface area (Å²) in [4.78, 5) is 19.0. The number of nitrogens with two attached hydrogens (primary N) is 1. The molecule has 1 aromatic rings. The third kappa shape index (κ3) is 2.50. The zero-order chi connectivity index (χ0) is 11.3. The number of rotatable bonds is 4. The molecule has 5 heteroatoms. The van der Waals surface area contributed by atoms with Crippen LogP contribution < -0.4 is 5.73 Å². The molecule has 0 fully saturated rings. The molecule has 0 aliphatic heterocycles. The largest absolute Gasteiger partial charge is 0.364 e. The summed E-state index contributed by atoms with van der Waals surface area (Å²) in [6, 6.07) is 2.06. The second-order valence-corrected chi connectivity index (χ2v) is 3.12. The van der Waals surface area contributed by atoms with Gasteiger partial charge in [-0.15, -0.1) is 0 Å². The Labute approximate surface area is 88.0 Å². The molecule has 5 nitrogen and oxygen atoms in total. The molecule has 0 saturated carbocycles. The van der Waals surface area contributed by atoms with Gasteiger partial charge < -0.3 is 5.73 Å². The van der Waals surface area contributed by atoms with Crippen molar-refractivity contribution in [2.75, 3.05) is 0 Å². The summed E-state index contributed by atoms with van der Waals surface area (Å²) in [5.41, 5.74) is 5.87. The van der Waals surface area contributed by atoms with Crippen LogP contribution in [0, 0.1) is 11.3 Å². The molecule has 0 saturated heterocycles. The van der Waals surface area contributed by atoms with Crippen LogP contribution in [-0.4, -0.2) is 15.9 Å². The molecule has 0 aliphatic carbocycles. The molecule has 0 aromatic carbocycles. The minimum Gasteiger partial charge on any atom is -0.364 e. The number of amides is 1. The van der Waals surface area contributed by atoms with Gasteiger partial charge in [0.1, 0.15) is 5.69 Å². The average molecular weight is 204 g/mol. The molecule has 0 radical (unpaired) electrons. The minimum atomic E-state index is -0.602. The third-order valence-corrected chi connectivity index (χ3v) is 2.18. The van der Waals surface area contributed by atoms with Crippen LogP contribution in [0.1, 0.15) is 41.9 Å². The van der Waals surface area contributed by atoms with Crippen molar-refractivity contribution in [1.82, 2.24) is 9.97 Å². The van der Waals surface area contributed by atoms with E-state index in [4.69, 9.17) is 11.0 Å². The molecule has 0 aliphatic rings. The van der Waals surface area contributed by atoms with Crippen LogP contribution in [0.15, 0.2) is 12.4 Å². The standard InChI is InChI=1S/C10H12N4O/c1-2-7(3-4-11)8-9(10(12)15)14-6-5-13-8/h5-7H,2-3H2,1H3,(H2,12,15)/t7-/m0/s1. The molecule has 0 spiro atoms. The fraction of sp³-hybridized carbons (Fsp3) is 0.400. The first-order chi connectivity index (χ1) is 7.20. The summed E-state index contributed by atoms with van der Waals surface area (Å²) in [6.07, 6.45) is 3.96. The van der Waals surface area contributed by atoms with E-state index in [-0.39, 0.29) is 11.6 Å². The molecule has 1 heterocycles. The average Bonchev–Trinajstić information content (AvgIpc) is 2.26. The van der Waals surface area contributed by atoms with Gasteiger partial charge in [0, 0.05) is 24.7 Å². The summed E-state index contributed by atoms with van der Waals surface area (Å²) in [6.45, 7) is 1.93. The molecule has 0 bridgehead atoms. The number of nitrogens with zero attached hydrogens (tertiary/aromatic N) is 3. The first kappa shape index (κ1) is 11.1. The van der Waals surface area contributed by atoms with Crippen molar-refractivity contribution in [3.05, 3.63) is 23.8 Å². The summed E-state index contributed by atoms with van der Waals surface area (Å²) < 4.78 is 0. The predicted molar refractivity (Wildman–Crippen MR) is 53.8 cm³/mol. The van der Waals surface area contributed by atoms with Crippen molar-refractivity contribution in [2.24, 2.45) is 5.73 Å². The van der Waals surface area contributed by atoms with Crippen molar-refractivity contribution in [2.45, 2.75) is 25.7 Å². The number of primary amides is 1. The Morgan fingerprint density at radius 2 is 2.27 bits per heavy atom. The number of hydrogen-bond acceptors (Lipinski definition) is 4. The van der Waals surface area contributed by atoms with Gasteiger partial charge in [-0.2, -0.15) is 5.26 Å². The van der Waals surface area contributed by atoms with Gasteiger partial charge in [0.05, 0.1) is 11.8 Å². The number of carbonyl (C=O) groups is 1. The van der Waals surface area contributed by atoms with Crippen LogP contribution in [-0.2, 0) is 0 Å². The van der Waals surface area contributed by atoms with Gasteiger partial charge in [0.25, 0.3) is 5.91 Å². The van der Waals surface area contributed by atoms with Crippen LogP contribution >= 0.6 is 0 Å². The zero-order valence-electron chi connectivity index (χ0n) is 8.47. The van der Waals surface area contributed by atoms with Crippen LogP contribution in [0.2, 0.25) is 0 Å². The number of nitriles is 1. The van der Waals surface area contributed by atoms with Gasteiger partial charge in [-0.05, 0) is 6.42 Å². The fourth-order valence-corrected chi connectivity index (χ4v) is 1.38. The van der Waals surface area contributed by atoms with Crippen molar-refractivity contribution in [3.63, 3.8) is 0 Å². The third-order valence-electron chi connectivity index (χ3n) is 2.18. The van der Waals surface area contributed by atoms with Crippen LogP contribution in [0.5, 0.6) is 0 Å². The van der Waals surface area contributed by atoms with Crippen LogP contribution in [0.25, 0.3) is 0 Å². The molecule has 2 N–H and O–H groups in total. The summed E-state index contributed by atoms with van der Waals surface area (Å²) in [5, 5.41) is 8.64. The zero-order valence-corrected chi connectivity index (χ0v) is 8.47.